The average Bonchev–Trinajstić information content (AvgIpc) is 3.85. The lowest BCUT2D eigenvalue weighted by molar-refractivity contribution is 0.563. The molecule has 65 heavy (non-hydrogen) atoms. The van der Waals surface area contributed by atoms with Crippen molar-refractivity contribution in [2.45, 2.75) is 56.8 Å². The van der Waals surface area contributed by atoms with Gasteiger partial charge in [-0.1, -0.05) is 179 Å². The molecule has 0 aromatic heterocycles. The fourth-order valence-electron chi connectivity index (χ4n) is 12.3. The van der Waals surface area contributed by atoms with E-state index in [0.29, 0.717) is 0 Å². The summed E-state index contributed by atoms with van der Waals surface area (Å²) >= 11 is 0. The van der Waals surface area contributed by atoms with Gasteiger partial charge in [0.05, 0.1) is 22.7 Å². The Morgan fingerprint density at radius 3 is 1.28 bits per heavy atom. The zero-order valence-corrected chi connectivity index (χ0v) is 37.4. The van der Waals surface area contributed by atoms with Gasteiger partial charge in [0.15, 0.2) is 0 Å². The van der Waals surface area contributed by atoms with E-state index in [0.717, 1.165) is 12.8 Å². The van der Waals surface area contributed by atoms with Gasteiger partial charge in [-0.2, -0.15) is 0 Å². The average molecular weight is 835 g/mol. The number of hydrogen-bond acceptors (Lipinski definition) is 2. The summed E-state index contributed by atoms with van der Waals surface area (Å²) in [7, 11) is 0. The molecule has 0 unspecified atom stereocenters. The van der Waals surface area contributed by atoms with Crippen LogP contribution in [-0.4, -0.2) is 0 Å². The molecule has 0 N–H and O–H groups in total. The van der Waals surface area contributed by atoms with Gasteiger partial charge in [-0.15, -0.1) is 0 Å². The third-order valence-electron chi connectivity index (χ3n) is 15.6. The fraction of sp³-hybridized carbons (Fsp3) is 0.143. The zero-order valence-electron chi connectivity index (χ0n) is 37.4. The van der Waals surface area contributed by atoms with Gasteiger partial charge in [0.2, 0.25) is 0 Å². The van der Waals surface area contributed by atoms with E-state index in [9.17, 15) is 0 Å². The molecule has 0 atom stereocenters. The minimum atomic E-state index is -0.145. The number of anilines is 6. The molecule has 312 valence electrons. The van der Waals surface area contributed by atoms with E-state index in [1.54, 1.807) is 0 Å². The highest BCUT2D eigenvalue weighted by molar-refractivity contribution is 5.94. The molecule has 0 bridgehead atoms. The van der Waals surface area contributed by atoms with Crippen LogP contribution >= 0.6 is 0 Å². The Labute approximate surface area is 382 Å². The molecular weight excluding hydrogens is 785 g/mol. The molecule has 2 heteroatoms. The minimum Gasteiger partial charge on any atom is -0.310 e. The van der Waals surface area contributed by atoms with Gasteiger partial charge in [-0.25, -0.2) is 0 Å². The largest absolute Gasteiger partial charge is 0.310 e. The van der Waals surface area contributed by atoms with Crippen molar-refractivity contribution >= 4 is 57.0 Å². The van der Waals surface area contributed by atoms with Crippen LogP contribution in [0.4, 0.5) is 34.1 Å². The summed E-state index contributed by atoms with van der Waals surface area (Å²) in [5.74, 6) is 0. The maximum atomic E-state index is 2.53. The maximum absolute atomic E-state index is 2.53. The van der Waals surface area contributed by atoms with Crippen molar-refractivity contribution in [3.8, 4) is 11.1 Å². The van der Waals surface area contributed by atoms with Gasteiger partial charge in [0, 0.05) is 27.6 Å². The van der Waals surface area contributed by atoms with Crippen LogP contribution in [0.15, 0.2) is 194 Å². The molecule has 2 nitrogen and oxygen atoms in total. The summed E-state index contributed by atoms with van der Waals surface area (Å²) in [6.45, 7) is 9.41. The molecule has 4 aliphatic rings. The van der Waals surface area contributed by atoms with Crippen LogP contribution in [-0.2, 0) is 29.1 Å². The molecule has 1 spiro atoms. The number of hydrogen-bond donors (Lipinski definition) is 0. The van der Waals surface area contributed by atoms with Crippen molar-refractivity contribution in [2.75, 3.05) is 9.80 Å². The van der Waals surface area contributed by atoms with Crippen molar-refractivity contribution < 1.29 is 0 Å². The van der Waals surface area contributed by atoms with E-state index < -0.39 is 0 Å². The SMILES string of the molecule is CC1(C)c2ccccc2N(c2ccc3c(c2)C2(Cc4ccccc4C2)c2cc(C=Cc4ccc5cc(N6c7ccccc7C(C)(C)c7ccccc76)ccc5c4)ccc2-3)c2ccccc21. The Hall–Kier alpha value is -7.42. The second-order valence-corrected chi connectivity index (χ2v) is 19.9. The lowest BCUT2D eigenvalue weighted by Crippen LogP contribution is -2.31. The lowest BCUT2D eigenvalue weighted by Gasteiger charge is -2.42. The Morgan fingerprint density at radius 2 is 0.738 bits per heavy atom. The normalized spacial score (nSPS) is 16.4. The van der Waals surface area contributed by atoms with Crippen LogP contribution in [0, 0.1) is 0 Å². The van der Waals surface area contributed by atoms with Crippen molar-refractivity contribution in [2.24, 2.45) is 0 Å². The van der Waals surface area contributed by atoms with E-state index in [-0.39, 0.29) is 16.2 Å². The smallest absolute Gasteiger partial charge is 0.0502 e. The Kier molecular flexibility index (Phi) is 8.08. The van der Waals surface area contributed by atoms with Gasteiger partial charge in [0.25, 0.3) is 0 Å². The molecule has 2 aliphatic heterocycles. The van der Waals surface area contributed by atoms with E-state index in [2.05, 4.69) is 244 Å². The molecule has 0 saturated heterocycles. The maximum Gasteiger partial charge on any atom is 0.0502 e. The molecule has 2 aliphatic carbocycles. The van der Waals surface area contributed by atoms with Gasteiger partial charge in [0.1, 0.15) is 0 Å². The monoisotopic (exact) mass is 834 g/mol. The van der Waals surface area contributed by atoms with Crippen molar-refractivity contribution in [1.82, 2.24) is 0 Å². The van der Waals surface area contributed by atoms with Crippen molar-refractivity contribution in [1.29, 1.82) is 0 Å². The predicted octanol–water partition coefficient (Wildman–Crippen LogP) is 16.3. The van der Waals surface area contributed by atoms with Gasteiger partial charge in [-0.3, -0.25) is 0 Å². The summed E-state index contributed by atoms with van der Waals surface area (Å²) in [4.78, 5) is 4.96. The summed E-state index contributed by atoms with van der Waals surface area (Å²) in [6, 6.07) is 73.2. The first-order valence-corrected chi connectivity index (χ1v) is 23.3. The topological polar surface area (TPSA) is 6.48 Å². The van der Waals surface area contributed by atoms with Crippen LogP contribution in [0.5, 0.6) is 0 Å². The van der Waals surface area contributed by atoms with Gasteiger partial charge in [-0.05, 0) is 145 Å². The molecule has 9 aromatic rings. The minimum absolute atomic E-state index is 0.0808. The number of fused-ring (bicyclic) bond motifs is 11. The van der Waals surface area contributed by atoms with Crippen molar-refractivity contribution in [3.05, 3.63) is 250 Å². The lowest BCUT2D eigenvalue weighted by atomic mass is 9.73. The first-order chi connectivity index (χ1) is 31.7. The second-order valence-electron chi connectivity index (χ2n) is 19.9. The van der Waals surface area contributed by atoms with Crippen molar-refractivity contribution in [3.63, 3.8) is 0 Å². The van der Waals surface area contributed by atoms with Crippen LogP contribution in [0.2, 0.25) is 0 Å². The highest BCUT2D eigenvalue weighted by Gasteiger charge is 2.48. The standard InChI is InChI=1S/C63H50N2/c1-61(2)51-17-7-11-21-57(51)64(58-22-12-8-18-52(58)61)47-31-30-43-35-41(27-29-44(43)37-47)25-26-42-28-33-49-50-34-32-48(38-56(50)63(55(49)36-42)39-45-15-5-6-16-46(45)40-63)65-59-23-13-9-19-53(59)62(3,4)54-20-10-14-24-60(54)65/h5-38H,39-40H2,1-4H3. The zero-order chi connectivity index (χ0) is 43.7. The van der Waals surface area contributed by atoms with Crippen LogP contribution in [0.3, 0.4) is 0 Å². The predicted molar refractivity (Wildman–Crippen MR) is 273 cm³/mol. The molecule has 0 amide bonds. The Morgan fingerprint density at radius 1 is 0.354 bits per heavy atom. The van der Waals surface area contributed by atoms with E-state index in [4.69, 9.17) is 0 Å². The summed E-state index contributed by atoms with van der Waals surface area (Å²) in [5.41, 5.74) is 23.5. The summed E-state index contributed by atoms with van der Waals surface area (Å²) in [6.07, 6.45) is 6.60. The van der Waals surface area contributed by atoms with Crippen LogP contribution in [0.25, 0.3) is 34.1 Å². The van der Waals surface area contributed by atoms with E-state index in [1.165, 1.54) is 112 Å². The highest BCUT2D eigenvalue weighted by atomic mass is 15.2. The number of benzene rings is 9. The molecular formula is C63H50N2. The highest BCUT2D eigenvalue weighted by Crippen LogP contribution is 2.59. The first-order valence-electron chi connectivity index (χ1n) is 23.3. The van der Waals surface area contributed by atoms with Gasteiger partial charge < -0.3 is 9.80 Å². The molecule has 0 fully saturated rings. The summed E-state index contributed by atoms with van der Waals surface area (Å²) < 4.78 is 0. The second kappa shape index (κ2) is 13.8. The first kappa shape index (κ1) is 38.1. The van der Waals surface area contributed by atoms with E-state index >= 15 is 0 Å². The Balaban J connectivity index is 0.859. The quantitative estimate of drug-likeness (QED) is 0.163. The molecule has 13 rings (SSSR count). The molecule has 0 saturated carbocycles. The number of rotatable bonds is 4. The molecule has 9 aromatic carbocycles. The van der Waals surface area contributed by atoms with Crippen LogP contribution in [0.1, 0.15) is 83.3 Å². The number of nitrogens with zero attached hydrogens (tertiary/aromatic N) is 2. The third kappa shape index (κ3) is 5.53. The van der Waals surface area contributed by atoms with Gasteiger partial charge >= 0.3 is 0 Å². The van der Waals surface area contributed by atoms with E-state index in [1.807, 2.05) is 0 Å². The number of para-hydroxylation sites is 4. The third-order valence-corrected chi connectivity index (χ3v) is 15.6. The summed E-state index contributed by atoms with van der Waals surface area (Å²) in [5, 5.41) is 2.47. The molecule has 2 heterocycles. The molecule has 0 radical (unpaired) electrons. The fourth-order valence-corrected chi connectivity index (χ4v) is 12.3. The Bertz CT molecular complexity index is 3350. The van der Waals surface area contributed by atoms with Crippen LogP contribution < -0.4 is 9.80 Å².